The van der Waals surface area contributed by atoms with Gasteiger partial charge in [-0.05, 0) is 12.1 Å². The third kappa shape index (κ3) is 2.64. The summed E-state index contributed by atoms with van der Waals surface area (Å²) in [6, 6.07) is 3.80. The molecule has 2 aromatic rings. The van der Waals surface area contributed by atoms with E-state index in [2.05, 4.69) is 14.9 Å². The Morgan fingerprint density at radius 3 is 2.48 bits per heavy atom. The first-order valence-electron chi connectivity index (χ1n) is 5.76. The molecule has 21 heavy (non-hydrogen) atoms. The van der Waals surface area contributed by atoms with E-state index in [1.165, 1.54) is 32.4 Å². The van der Waals surface area contributed by atoms with Crippen LogP contribution < -0.4 is 4.74 Å². The van der Waals surface area contributed by atoms with Crippen LogP contribution in [0.15, 0.2) is 18.2 Å². The molecule has 3 N–H and O–H groups in total. The summed E-state index contributed by atoms with van der Waals surface area (Å²) >= 11 is 0. The van der Waals surface area contributed by atoms with Crippen molar-refractivity contribution in [3.8, 4) is 22.8 Å². The van der Waals surface area contributed by atoms with E-state index in [1.54, 1.807) is 0 Å². The van der Waals surface area contributed by atoms with Crippen LogP contribution in [0.25, 0.3) is 11.3 Å². The zero-order valence-corrected chi connectivity index (χ0v) is 11.2. The van der Waals surface area contributed by atoms with Gasteiger partial charge in [0.2, 0.25) is 0 Å². The molecule has 8 heteroatoms. The fourth-order valence-electron chi connectivity index (χ4n) is 1.78. The molecule has 0 aliphatic carbocycles. The van der Waals surface area contributed by atoms with E-state index in [0.29, 0.717) is 0 Å². The van der Waals surface area contributed by atoms with Crippen molar-refractivity contribution in [2.75, 3.05) is 14.2 Å². The Morgan fingerprint density at radius 1 is 1.24 bits per heavy atom. The minimum Gasteiger partial charge on any atom is -0.507 e. The highest BCUT2D eigenvalue weighted by molar-refractivity contribution is 5.95. The number of carbonyl (C=O) groups is 2. The van der Waals surface area contributed by atoms with Crippen LogP contribution in [0, 0.1) is 0 Å². The minimum absolute atomic E-state index is 0.0904. The molecule has 0 aliphatic rings. The summed E-state index contributed by atoms with van der Waals surface area (Å²) in [5.41, 5.74) is 0.310. The van der Waals surface area contributed by atoms with Crippen LogP contribution in [0.4, 0.5) is 0 Å². The Hall–Kier alpha value is -3.03. The van der Waals surface area contributed by atoms with E-state index in [-0.39, 0.29) is 34.0 Å². The third-order valence-electron chi connectivity index (χ3n) is 2.81. The van der Waals surface area contributed by atoms with Gasteiger partial charge in [0, 0.05) is 11.6 Å². The smallest absolute Gasteiger partial charge is 0.353 e. The number of carboxylic acid groups (broad SMARTS) is 1. The van der Waals surface area contributed by atoms with Crippen LogP contribution in [0.2, 0.25) is 0 Å². The molecule has 0 saturated heterocycles. The van der Waals surface area contributed by atoms with Crippen LogP contribution in [-0.4, -0.2) is 46.6 Å². The average molecular weight is 292 g/mol. The molecule has 8 nitrogen and oxygen atoms in total. The van der Waals surface area contributed by atoms with Gasteiger partial charge in [-0.25, -0.2) is 9.59 Å². The molecule has 1 aromatic carbocycles. The first-order valence-corrected chi connectivity index (χ1v) is 5.76. The molecular formula is C13H12N2O6. The molecule has 1 heterocycles. The maximum atomic E-state index is 11.7. The number of H-pyrrole nitrogens is 1. The number of phenolic OH excluding ortho intramolecular Hbond substituents is 1. The normalized spacial score (nSPS) is 10.2. The van der Waals surface area contributed by atoms with Gasteiger partial charge in [0.1, 0.15) is 22.8 Å². The van der Waals surface area contributed by atoms with Gasteiger partial charge in [0.15, 0.2) is 0 Å². The van der Waals surface area contributed by atoms with Crippen molar-refractivity contribution >= 4 is 11.9 Å². The Morgan fingerprint density at radius 2 is 1.95 bits per heavy atom. The molecule has 0 fully saturated rings. The zero-order valence-electron chi connectivity index (χ0n) is 11.2. The Labute approximate surface area is 118 Å². The van der Waals surface area contributed by atoms with E-state index in [1.807, 2.05) is 0 Å². The van der Waals surface area contributed by atoms with E-state index in [4.69, 9.17) is 9.84 Å². The predicted octanol–water partition coefficient (Wildman–Crippen LogP) is 1.28. The molecule has 110 valence electrons. The van der Waals surface area contributed by atoms with Gasteiger partial charge in [0.05, 0.1) is 19.9 Å². The van der Waals surface area contributed by atoms with Gasteiger partial charge in [-0.15, -0.1) is 0 Å². The maximum absolute atomic E-state index is 11.7. The predicted molar refractivity (Wildman–Crippen MR) is 70.5 cm³/mol. The van der Waals surface area contributed by atoms with Crippen LogP contribution >= 0.6 is 0 Å². The maximum Gasteiger partial charge on any atom is 0.353 e. The molecule has 1 aromatic heterocycles. The highest BCUT2D eigenvalue weighted by atomic mass is 16.5. The fourth-order valence-corrected chi connectivity index (χ4v) is 1.78. The molecule has 0 spiro atoms. The van der Waals surface area contributed by atoms with Gasteiger partial charge >= 0.3 is 11.9 Å². The lowest BCUT2D eigenvalue weighted by molar-refractivity contribution is 0.0596. The number of aromatic nitrogens is 2. The molecule has 0 saturated carbocycles. The zero-order chi connectivity index (χ0) is 15.6. The highest BCUT2D eigenvalue weighted by Gasteiger charge is 2.19. The number of ether oxygens (including phenoxy) is 2. The second-order valence-corrected chi connectivity index (χ2v) is 4.03. The third-order valence-corrected chi connectivity index (χ3v) is 2.81. The van der Waals surface area contributed by atoms with Crippen molar-refractivity contribution in [1.82, 2.24) is 10.2 Å². The lowest BCUT2D eigenvalue weighted by Gasteiger charge is -2.10. The quantitative estimate of drug-likeness (QED) is 0.725. The summed E-state index contributed by atoms with van der Waals surface area (Å²) in [4.78, 5) is 22.5. The number of hydrogen-bond acceptors (Lipinski definition) is 6. The molecule has 0 aliphatic heterocycles. The molecule has 2 rings (SSSR count). The summed E-state index contributed by atoms with van der Waals surface area (Å²) in [6.45, 7) is 0. The van der Waals surface area contributed by atoms with Gasteiger partial charge < -0.3 is 19.7 Å². The number of benzene rings is 1. The Balaban J connectivity index is 2.57. The lowest BCUT2D eigenvalue weighted by atomic mass is 10.1. The fraction of sp³-hybridized carbons (Fsp3) is 0.154. The van der Waals surface area contributed by atoms with E-state index < -0.39 is 11.9 Å². The van der Waals surface area contributed by atoms with E-state index >= 15 is 0 Å². The summed E-state index contributed by atoms with van der Waals surface area (Å²) < 4.78 is 9.63. The summed E-state index contributed by atoms with van der Waals surface area (Å²) in [7, 11) is 2.56. The number of hydrogen-bond donors (Lipinski definition) is 3. The van der Waals surface area contributed by atoms with Crippen molar-refractivity contribution in [2.24, 2.45) is 0 Å². The number of carboxylic acids is 1. The lowest BCUT2D eigenvalue weighted by Crippen LogP contribution is -2.04. The van der Waals surface area contributed by atoms with Crippen LogP contribution in [0.3, 0.4) is 0 Å². The van der Waals surface area contributed by atoms with Crippen molar-refractivity contribution in [2.45, 2.75) is 0 Å². The molecule has 0 radical (unpaired) electrons. The number of rotatable bonds is 4. The number of carbonyl (C=O) groups excluding carboxylic acids is 1. The number of nitrogens with one attached hydrogen (secondary N) is 1. The minimum atomic E-state index is -1.19. The van der Waals surface area contributed by atoms with E-state index in [9.17, 15) is 14.7 Å². The second-order valence-electron chi connectivity index (χ2n) is 4.03. The highest BCUT2D eigenvalue weighted by Crippen LogP contribution is 2.35. The van der Waals surface area contributed by atoms with Gasteiger partial charge in [-0.2, -0.15) is 5.10 Å². The number of aromatic hydroxyl groups is 1. The molecular weight excluding hydrogens is 280 g/mol. The molecule has 0 unspecified atom stereocenters. The number of esters is 1. The summed E-state index contributed by atoms with van der Waals surface area (Å²) in [6.07, 6.45) is 0. The van der Waals surface area contributed by atoms with Gasteiger partial charge in [0.25, 0.3) is 0 Å². The van der Waals surface area contributed by atoms with Crippen molar-refractivity contribution in [1.29, 1.82) is 0 Å². The van der Waals surface area contributed by atoms with Gasteiger partial charge in [-0.3, -0.25) is 5.10 Å². The first-order chi connectivity index (χ1) is 9.97. The van der Waals surface area contributed by atoms with Crippen LogP contribution in [0.1, 0.15) is 20.8 Å². The Kier molecular flexibility index (Phi) is 3.79. The van der Waals surface area contributed by atoms with Crippen molar-refractivity contribution in [3.63, 3.8) is 0 Å². The topological polar surface area (TPSA) is 122 Å². The summed E-state index contributed by atoms with van der Waals surface area (Å²) in [5.74, 6) is -1.91. The van der Waals surface area contributed by atoms with E-state index in [0.717, 1.165) is 0 Å². The largest absolute Gasteiger partial charge is 0.507 e. The number of phenols is 1. The number of nitrogens with zero attached hydrogens (tertiary/aromatic N) is 1. The summed E-state index contributed by atoms with van der Waals surface area (Å²) in [5, 5.41) is 24.9. The monoisotopic (exact) mass is 292 g/mol. The SMILES string of the molecule is COC(=O)c1cc(-c2cc(C(=O)O)[nH]n2)c(O)cc1OC. The average Bonchev–Trinajstić information content (AvgIpc) is 2.95. The Bertz CT molecular complexity index is 707. The molecule has 0 amide bonds. The number of aromatic amines is 1. The van der Waals surface area contributed by atoms with Crippen molar-refractivity contribution in [3.05, 3.63) is 29.5 Å². The standard InChI is InChI=1S/C13H12N2O6/c1-20-11-5-10(16)6(3-7(11)13(19)21-2)8-4-9(12(17)18)15-14-8/h3-5,16H,1-2H3,(H,14,15)(H,17,18). The molecule has 0 atom stereocenters. The second kappa shape index (κ2) is 5.53. The number of methoxy groups -OCH3 is 2. The first kappa shape index (κ1) is 14.4. The number of aromatic carboxylic acids is 1. The van der Waals surface area contributed by atoms with Gasteiger partial charge in [-0.1, -0.05) is 0 Å². The van der Waals surface area contributed by atoms with Crippen molar-refractivity contribution < 1.29 is 29.3 Å². The van der Waals surface area contributed by atoms with Crippen LogP contribution in [0.5, 0.6) is 11.5 Å². The van der Waals surface area contributed by atoms with Crippen LogP contribution in [-0.2, 0) is 4.74 Å². The molecule has 0 bridgehead atoms.